The summed E-state index contributed by atoms with van der Waals surface area (Å²) >= 11 is 0. The van der Waals surface area contributed by atoms with Gasteiger partial charge in [0.25, 0.3) is 15.9 Å². The molecular formula is C25H28N6O5S. The fourth-order valence-electron chi connectivity index (χ4n) is 4.71. The van der Waals surface area contributed by atoms with Crippen LogP contribution < -0.4 is 5.73 Å². The van der Waals surface area contributed by atoms with E-state index in [2.05, 4.69) is 9.97 Å². The van der Waals surface area contributed by atoms with Gasteiger partial charge < -0.3 is 19.9 Å². The molecule has 4 heterocycles. The minimum Gasteiger partial charge on any atom is -0.444 e. The molecular weight excluding hydrogens is 496 g/mol. The third-order valence-corrected chi connectivity index (χ3v) is 8.01. The van der Waals surface area contributed by atoms with Crippen LogP contribution in [-0.4, -0.2) is 62.5 Å². The molecule has 0 bridgehead atoms. The zero-order chi connectivity index (χ0) is 26.5. The van der Waals surface area contributed by atoms with Gasteiger partial charge in [-0.15, -0.1) is 0 Å². The first kappa shape index (κ1) is 24.8. The van der Waals surface area contributed by atoms with Gasteiger partial charge in [-0.05, 0) is 51.8 Å². The first-order valence-corrected chi connectivity index (χ1v) is 13.4. The quantitative estimate of drug-likeness (QED) is 0.431. The molecule has 194 valence electrons. The molecule has 1 fully saturated rings. The normalized spacial score (nSPS) is 15.4. The van der Waals surface area contributed by atoms with Crippen molar-refractivity contribution in [1.82, 2.24) is 23.4 Å². The Kier molecular flexibility index (Phi) is 5.94. The number of primary amides is 1. The summed E-state index contributed by atoms with van der Waals surface area (Å²) in [7, 11) is -3.90. The predicted octanol–water partition coefficient (Wildman–Crippen LogP) is 3.29. The second-order valence-electron chi connectivity index (χ2n) is 10.0. The lowest BCUT2D eigenvalue weighted by atomic mass is 10.0. The minimum absolute atomic E-state index is 0.0682. The van der Waals surface area contributed by atoms with Crippen LogP contribution >= 0.6 is 0 Å². The lowest BCUT2D eigenvalue weighted by molar-refractivity contribution is 0.0188. The maximum Gasteiger partial charge on any atom is 0.410 e. The summed E-state index contributed by atoms with van der Waals surface area (Å²) < 4.78 is 35.0. The fraction of sp³-hybridized carbons (Fsp3) is 0.360. The molecule has 0 saturated carbocycles. The average Bonchev–Trinajstić information content (AvgIpc) is 3.46. The number of carbonyl (C=O) groups is 2. The van der Waals surface area contributed by atoms with E-state index in [1.54, 1.807) is 33.7 Å². The van der Waals surface area contributed by atoms with Crippen LogP contribution in [-0.2, 0) is 14.8 Å². The van der Waals surface area contributed by atoms with Crippen LogP contribution in [0.2, 0.25) is 0 Å². The first-order chi connectivity index (χ1) is 17.5. The van der Waals surface area contributed by atoms with E-state index in [4.69, 9.17) is 10.5 Å². The molecule has 3 aromatic heterocycles. The number of nitrogens with two attached hydrogens (primary N) is 1. The SMILES string of the molecule is CC(C)(C)OC(=O)N1CCC(n2c(C(N)=O)nc3cnc4c(ccn4S(=O)(=O)c4ccccc4)c32)CC1. The number of imidazole rings is 1. The third kappa shape index (κ3) is 4.41. The Labute approximate surface area is 213 Å². The van der Waals surface area contributed by atoms with E-state index in [1.165, 1.54) is 24.5 Å². The van der Waals surface area contributed by atoms with Gasteiger partial charge in [0, 0.05) is 30.7 Å². The lowest BCUT2D eigenvalue weighted by Gasteiger charge is -2.34. The number of rotatable bonds is 4. The molecule has 2 amide bonds. The molecule has 1 saturated heterocycles. The van der Waals surface area contributed by atoms with Crippen LogP contribution in [0, 0.1) is 0 Å². The van der Waals surface area contributed by atoms with Gasteiger partial charge in [0.05, 0.1) is 16.6 Å². The molecule has 37 heavy (non-hydrogen) atoms. The van der Waals surface area contributed by atoms with Crippen LogP contribution in [0.15, 0.2) is 53.7 Å². The maximum absolute atomic E-state index is 13.3. The zero-order valence-electron chi connectivity index (χ0n) is 20.8. The van der Waals surface area contributed by atoms with Crippen molar-refractivity contribution >= 4 is 44.1 Å². The van der Waals surface area contributed by atoms with E-state index >= 15 is 0 Å². The Morgan fingerprint density at radius 3 is 2.38 bits per heavy atom. The number of nitrogens with zero attached hydrogens (tertiary/aromatic N) is 5. The largest absolute Gasteiger partial charge is 0.444 e. The Morgan fingerprint density at radius 2 is 1.76 bits per heavy atom. The molecule has 1 aliphatic rings. The van der Waals surface area contributed by atoms with Gasteiger partial charge in [-0.3, -0.25) is 4.79 Å². The summed E-state index contributed by atoms with van der Waals surface area (Å²) in [4.78, 5) is 35.5. The molecule has 11 nitrogen and oxygen atoms in total. The van der Waals surface area contributed by atoms with Crippen LogP contribution in [0.1, 0.15) is 50.3 Å². The second kappa shape index (κ2) is 8.87. The number of benzene rings is 1. The summed E-state index contributed by atoms with van der Waals surface area (Å²) in [5.74, 6) is -0.631. The Hall–Kier alpha value is -3.93. The summed E-state index contributed by atoms with van der Waals surface area (Å²) in [6.45, 7) is 6.30. The summed E-state index contributed by atoms with van der Waals surface area (Å²) in [6, 6.07) is 9.56. The van der Waals surface area contributed by atoms with E-state index in [-0.39, 0.29) is 28.5 Å². The van der Waals surface area contributed by atoms with Crippen LogP contribution in [0.25, 0.3) is 22.1 Å². The number of amides is 2. The van der Waals surface area contributed by atoms with Gasteiger partial charge in [-0.2, -0.15) is 0 Å². The molecule has 0 unspecified atom stereocenters. The Balaban J connectivity index is 1.57. The average molecular weight is 525 g/mol. The Bertz CT molecular complexity index is 1610. The topological polar surface area (TPSA) is 142 Å². The zero-order valence-corrected chi connectivity index (χ0v) is 21.6. The molecule has 12 heteroatoms. The van der Waals surface area contributed by atoms with Crippen LogP contribution in [0.5, 0.6) is 0 Å². The molecule has 0 aliphatic carbocycles. The van der Waals surface area contributed by atoms with Crippen molar-refractivity contribution in [2.24, 2.45) is 5.73 Å². The highest BCUT2D eigenvalue weighted by Crippen LogP contribution is 2.34. The number of carbonyl (C=O) groups excluding carboxylic acids is 2. The number of piperidine rings is 1. The van der Waals surface area contributed by atoms with Crippen molar-refractivity contribution in [1.29, 1.82) is 0 Å². The second-order valence-corrected chi connectivity index (χ2v) is 11.8. The number of fused-ring (bicyclic) bond motifs is 3. The summed E-state index contributed by atoms with van der Waals surface area (Å²) in [5.41, 5.74) is 6.34. The van der Waals surface area contributed by atoms with E-state index in [1.807, 2.05) is 20.8 Å². The molecule has 0 atom stereocenters. The molecule has 1 aromatic carbocycles. The summed E-state index contributed by atoms with van der Waals surface area (Å²) in [5, 5.41) is 0.534. The predicted molar refractivity (Wildman–Crippen MR) is 137 cm³/mol. The maximum atomic E-state index is 13.3. The van der Waals surface area contributed by atoms with Crippen molar-refractivity contribution in [3.05, 3.63) is 54.6 Å². The van der Waals surface area contributed by atoms with Crippen molar-refractivity contribution in [3.63, 3.8) is 0 Å². The minimum atomic E-state index is -3.90. The van der Waals surface area contributed by atoms with E-state index < -0.39 is 21.5 Å². The van der Waals surface area contributed by atoms with Gasteiger partial charge in [-0.1, -0.05) is 18.2 Å². The first-order valence-electron chi connectivity index (χ1n) is 11.9. The van der Waals surface area contributed by atoms with Gasteiger partial charge in [0.15, 0.2) is 11.5 Å². The standard InChI is InChI=1S/C25H28N6O5S/c1-25(2,3)36-24(33)29-12-9-16(10-13-29)31-20-18-11-14-30(37(34,35)17-7-5-4-6-8-17)22(18)27-15-19(20)28-23(31)21(26)32/h4-8,11,14-16H,9-10,12-13H2,1-3H3,(H2,26,32). The highest BCUT2D eigenvalue weighted by atomic mass is 32.2. The number of hydrogen-bond acceptors (Lipinski definition) is 7. The number of pyridine rings is 1. The lowest BCUT2D eigenvalue weighted by Crippen LogP contribution is -2.42. The van der Waals surface area contributed by atoms with Crippen molar-refractivity contribution in [2.75, 3.05) is 13.1 Å². The number of likely N-dealkylation sites (tertiary alicyclic amines) is 1. The molecule has 1 aliphatic heterocycles. The molecule has 2 N–H and O–H groups in total. The van der Waals surface area contributed by atoms with Gasteiger partial charge in [-0.25, -0.2) is 27.2 Å². The van der Waals surface area contributed by atoms with E-state index in [9.17, 15) is 18.0 Å². The van der Waals surface area contributed by atoms with Crippen molar-refractivity contribution < 1.29 is 22.7 Å². The monoisotopic (exact) mass is 524 g/mol. The van der Waals surface area contributed by atoms with Gasteiger partial charge >= 0.3 is 6.09 Å². The van der Waals surface area contributed by atoms with E-state index in [0.29, 0.717) is 42.4 Å². The highest BCUT2D eigenvalue weighted by Gasteiger charge is 2.31. The number of aromatic nitrogens is 4. The third-order valence-electron chi connectivity index (χ3n) is 6.33. The highest BCUT2D eigenvalue weighted by molar-refractivity contribution is 7.90. The van der Waals surface area contributed by atoms with Crippen LogP contribution in [0.3, 0.4) is 0 Å². The van der Waals surface area contributed by atoms with Gasteiger partial charge in [0.2, 0.25) is 0 Å². The van der Waals surface area contributed by atoms with Gasteiger partial charge in [0.1, 0.15) is 11.1 Å². The number of ether oxygens (including phenoxy) is 1. The van der Waals surface area contributed by atoms with Crippen molar-refractivity contribution in [3.8, 4) is 0 Å². The van der Waals surface area contributed by atoms with Crippen molar-refractivity contribution in [2.45, 2.75) is 50.2 Å². The molecule has 0 radical (unpaired) electrons. The summed E-state index contributed by atoms with van der Waals surface area (Å²) in [6.07, 6.45) is 3.60. The Morgan fingerprint density at radius 1 is 1.08 bits per heavy atom. The smallest absolute Gasteiger partial charge is 0.410 e. The molecule has 0 spiro atoms. The number of hydrogen-bond donors (Lipinski definition) is 1. The van der Waals surface area contributed by atoms with Crippen LogP contribution in [0.4, 0.5) is 4.79 Å². The fourth-order valence-corrected chi connectivity index (χ4v) is 6.03. The molecule has 5 rings (SSSR count). The molecule has 4 aromatic rings. The van der Waals surface area contributed by atoms with E-state index in [0.717, 1.165) is 3.97 Å².